The Hall–Kier alpha value is -2.20. The van der Waals surface area contributed by atoms with Crippen LogP contribution in [0.25, 0.3) is 0 Å². The van der Waals surface area contributed by atoms with Gasteiger partial charge in [0.15, 0.2) is 0 Å². The maximum absolute atomic E-state index is 5.70. The van der Waals surface area contributed by atoms with E-state index in [0.717, 1.165) is 18.8 Å². The summed E-state index contributed by atoms with van der Waals surface area (Å²) >= 11 is 0. The quantitative estimate of drug-likeness (QED) is 0.724. The third-order valence-electron chi connectivity index (χ3n) is 3.35. The minimum Gasteiger partial charge on any atom is -0.493 e. The van der Waals surface area contributed by atoms with Crippen molar-refractivity contribution in [2.24, 2.45) is 0 Å². The van der Waals surface area contributed by atoms with Gasteiger partial charge in [0, 0.05) is 6.42 Å². The molecule has 0 aliphatic carbocycles. The Bertz CT molecular complexity index is 593. The van der Waals surface area contributed by atoms with Crippen molar-refractivity contribution in [2.75, 3.05) is 6.61 Å². The molecule has 0 saturated heterocycles. The van der Waals surface area contributed by atoms with Crippen LogP contribution in [0.4, 0.5) is 0 Å². The lowest BCUT2D eigenvalue weighted by Crippen LogP contribution is -1.98. The van der Waals surface area contributed by atoms with Crippen LogP contribution in [-0.4, -0.2) is 6.61 Å². The van der Waals surface area contributed by atoms with Crippen LogP contribution in [-0.2, 0) is 6.42 Å². The Morgan fingerprint density at radius 3 is 2.67 bits per heavy atom. The van der Waals surface area contributed by atoms with E-state index in [2.05, 4.69) is 30.2 Å². The molecule has 0 amide bonds. The lowest BCUT2D eigenvalue weighted by atomic mass is 9.91. The third-order valence-corrected chi connectivity index (χ3v) is 3.35. The Morgan fingerprint density at radius 1 is 1.06 bits per heavy atom. The minimum atomic E-state index is 0.0251. The summed E-state index contributed by atoms with van der Waals surface area (Å²) in [7, 11) is 0. The molecular weight excluding hydrogens is 220 g/mol. The van der Waals surface area contributed by atoms with E-state index >= 15 is 0 Å². The lowest BCUT2D eigenvalue weighted by Gasteiger charge is -2.12. The van der Waals surface area contributed by atoms with Gasteiger partial charge in [-0.25, -0.2) is 0 Å². The van der Waals surface area contributed by atoms with Gasteiger partial charge in [0.1, 0.15) is 5.75 Å². The van der Waals surface area contributed by atoms with Crippen molar-refractivity contribution in [3.8, 4) is 18.1 Å². The molecule has 3 rings (SSSR count). The second-order valence-corrected chi connectivity index (χ2v) is 4.48. The summed E-state index contributed by atoms with van der Waals surface area (Å²) in [5.41, 5.74) is 3.61. The second kappa shape index (κ2) is 4.58. The molecule has 1 heteroatoms. The monoisotopic (exact) mass is 234 g/mol. The number of fused-ring (bicyclic) bond motifs is 1. The molecule has 0 bridgehead atoms. The lowest BCUT2D eigenvalue weighted by molar-refractivity contribution is 0.357. The average molecular weight is 234 g/mol. The van der Waals surface area contributed by atoms with Gasteiger partial charge in [0.25, 0.3) is 0 Å². The molecule has 2 aromatic carbocycles. The van der Waals surface area contributed by atoms with Crippen LogP contribution in [0.15, 0.2) is 48.5 Å². The van der Waals surface area contributed by atoms with Gasteiger partial charge in [-0.05, 0) is 22.8 Å². The average Bonchev–Trinajstić information content (AvgIpc) is 2.88. The highest BCUT2D eigenvalue weighted by Gasteiger charge is 2.16. The van der Waals surface area contributed by atoms with Crippen LogP contribution in [0.1, 0.15) is 22.6 Å². The van der Waals surface area contributed by atoms with Gasteiger partial charge in [-0.3, -0.25) is 0 Å². The van der Waals surface area contributed by atoms with Crippen molar-refractivity contribution in [3.05, 3.63) is 65.2 Å². The zero-order valence-electron chi connectivity index (χ0n) is 10.1. The predicted molar refractivity (Wildman–Crippen MR) is 72.8 cm³/mol. The molecule has 1 aliphatic rings. The molecular formula is C17H14O. The molecule has 0 aromatic heterocycles. The number of hydrogen-bond acceptors (Lipinski definition) is 1. The number of benzene rings is 2. The van der Waals surface area contributed by atoms with Gasteiger partial charge in [-0.1, -0.05) is 48.4 Å². The maximum atomic E-state index is 5.70. The molecule has 1 atom stereocenters. The fourth-order valence-electron chi connectivity index (χ4n) is 2.42. The zero-order valence-corrected chi connectivity index (χ0v) is 10.1. The number of hydrogen-bond donors (Lipinski definition) is 0. The first kappa shape index (κ1) is 10.9. The van der Waals surface area contributed by atoms with Crippen molar-refractivity contribution in [1.29, 1.82) is 0 Å². The Kier molecular flexibility index (Phi) is 2.78. The second-order valence-electron chi connectivity index (χ2n) is 4.48. The molecule has 88 valence electrons. The van der Waals surface area contributed by atoms with Crippen LogP contribution >= 0.6 is 0 Å². The molecule has 0 N–H and O–H groups in total. The third kappa shape index (κ3) is 1.87. The highest BCUT2D eigenvalue weighted by atomic mass is 16.5. The molecule has 1 unspecified atom stereocenters. The van der Waals surface area contributed by atoms with E-state index in [1.54, 1.807) is 0 Å². The fourth-order valence-corrected chi connectivity index (χ4v) is 2.42. The molecule has 0 saturated carbocycles. The van der Waals surface area contributed by atoms with Gasteiger partial charge in [-0.15, -0.1) is 6.42 Å². The Balaban J connectivity index is 2.01. The summed E-state index contributed by atoms with van der Waals surface area (Å²) in [5.74, 6) is 3.91. The van der Waals surface area contributed by atoms with Crippen molar-refractivity contribution in [2.45, 2.75) is 12.3 Å². The van der Waals surface area contributed by atoms with Crippen LogP contribution in [0.3, 0.4) is 0 Å². The van der Waals surface area contributed by atoms with Crippen molar-refractivity contribution >= 4 is 0 Å². The summed E-state index contributed by atoms with van der Waals surface area (Å²) in [4.78, 5) is 0. The van der Waals surface area contributed by atoms with E-state index in [-0.39, 0.29) is 5.92 Å². The van der Waals surface area contributed by atoms with E-state index in [4.69, 9.17) is 11.2 Å². The number of rotatable bonds is 2. The maximum Gasteiger partial charge on any atom is 0.122 e. The van der Waals surface area contributed by atoms with Gasteiger partial charge in [0.05, 0.1) is 12.5 Å². The summed E-state index contributed by atoms with van der Waals surface area (Å²) in [6, 6.07) is 16.5. The molecule has 1 nitrogen and oxygen atoms in total. The zero-order chi connectivity index (χ0) is 12.4. The standard InChI is InChI=1S/C17H14O/c1-2-16(13-6-4-3-5-7-13)14-8-9-17-15(12-14)10-11-18-17/h1,3-9,12,16H,10-11H2. The van der Waals surface area contributed by atoms with Crippen LogP contribution in [0.2, 0.25) is 0 Å². The van der Waals surface area contributed by atoms with E-state index < -0.39 is 0 Å². The van der Waals surface area contributed by atoms with Gasteiger partial charge >= 0.3 is 0 Å². The Labute approximate surface area is 107 Å². The molecule has 1 aliphatic heterocycles. The number of ether oxygens (including phenoxy) is 1. The van der Waals surface area contributed by atoms with E-state index in [9.17, 15) is 0 Å². The first-order valence-electron chi connectivity index (χ1n) is 6.15. The molecule has 2 aromatic rings. The molecule has 18 heavy (non-hydrogen) atoms. The molecule has 0 spiro atoms. The predicted octanol–water partition coefficient (Wildman–Crippen LogP) is 3.39. The fraction of sp³-hybridized carbons (Fsp3) is 0.176. The van der Waals surface area contributed by atoms with Gasteiger partial charge in [0.2, 0.25) is 0 Å². The van der Waals surface area contributed by atoms with E-state index in [1.165, 1.54) is 16.7 Å². The van der Waals surface area contributed by atoms with Crippen LogP contribution in [0, 0.1) is 12.3 Å². The Morgan fingerprint density at radius 2 is 1.89 bits per heavy atom. The largest absolute Gasteiger partial charge is 0.493 e. The highest BCUT2D eigenvalue weighted by molar-refractivity contribution is 5.46. The van der Waals surface area contributed by atoms with E-state index in [0.29, 0.717) is 0 Å². The van der Waals surface area contributed by atoms with Crippen molar-refractivity contribution in [1.82, 2.24) is 0 Å². The summed E-state index contributed by atoms with van der Waals surface area (Å²) in [6.45, 7) is 0.783. The number of terminal acetylenes is 1. The molecule has 1 heterocycles. The van der Waals surface area contributed by atoms with Crippen molar-refractivity contribution < 1.29 is 4.74 Å². The van der Waals surface area contributed by atoms with Crippen molar-refractivity contribution in [3.63, 3.8) is 0 Å². The summed E-state index contributed by atoms with van der Waals surface area (Å²) < 4.78 is 5.52. The molecule has 0 fully saturated rings. The first-order valence-corrected chi connectivity index (χ1v) is 6.15. The van der Waals surface area contributed by atoms with Crippen LogP contribution < -0.4 is 4.74 Å². The summed E-state index contributed by atoms with van der Waals surface area (Å²) in [6.07, 6.45) is 6.68. The van der Waals surface area contributed by atoms with Gasteiger partial charge in [-0.2, -0.15) is 0 Å². The normalized spacial score (nSPS) is 14.4. The van der Waals surface area contributed by atoms with Crippen LogP contribution in [0.5, 0.6) is 5.75 Å². The minimum absolute atomic E-state index is 0.0251. The van der Waals surface area contributed by atoms with E-state index in [1.807, 2.05) is 24.3 Å². The van der Waals surface area contributed by atoms with Gasteiger partial charge < -0.3 is 4.74 Å². The first-order chi connectivity index (χ1) is 8.88. The molecule has 0 radical (unpaired) electrons. The SMILES string of the molecule is C#CC(c1ccccc1)c1ccc2c(c1)CCO2. The summed E-state index contributed by atoms with van der Waals surface area (Å²) in [5, 5.41) is 0. The topological polar surface area (TPSA) is 9.23 Å². The highest BCUT2D eigenvalue weighted by Crippen LogP contribution is 2.31. The smallest absolute Gasteiger partial charge is 0.122 e.